The molecule has 0 aromatic carbocycles. The van der Waals surface area contributed by atoms with Gasteiger partial charge in [-0.05, 0) is 12.5 Å². The monoisotopic (exact) mass is 233 g/mol. The van der Waals surface area contributed by atoms with E-state index in [0.29, 0.717) is 23.9 Å². The van der Waals surface area contributed by atoms with Gasteiger partial charge in [-0.15, -0.1) is 0 Å². The molecule has 0 bridgehead atoms. The van der Waals surface area contributed by atoms with Gasteiger partial charge < -0.3 is 14.4 Å². The summed E-state index contributed by atoms with van der Waals surface area (Å²) in [5.41, 5.74) is 0.498. The number of hydrogen-bond acceptors (Lipinski definition) is 6. The summed E-state index contributed by atoms with van der Waals surface area (Å²) >= 11 is 0. The first-order chi connectivity index (χ1) is 8.34. The van der Waals surface area contributed by atoms with Gasteiger partial charge in [0.2, 0.25) is 0 Å². The molecule has 0 spiro atoms. The molecule has 1 atom stereocenters. The van der Waals surface area contributed by atoms with Crippen molar-refractivity contribution >= 4 is 0 Å². The van der Waals surface area contributed by atoms with Crippen LogP contribution in [0.5, 0.6) is 5.75 Å². The summed E-state index contributed by atoms with van der Waals surface area (Å²) in [5.74, 6) is 1.17. The molecule has 1 saturated heterocycles. The molecule has 0 radical (unpaired) electrons. The Bertz CT molecular complexity index is 520. The van der Waals surface area contributed by atoms with Crippen molar-refractivity contribution in [2.24, 2.45) is 0 Å². The van der Waals surface area contributed by atoms with Crippen LogP contribution < -0.4 is 0 Å². The maximum Gasteiger partial charge on any atom is 0.261 e. The average Bonchev–Trinajstić information content (AvgIpc) is 3.00. The second kappa shape index (κ2) is 4.14. The fraction of sp³-hybridized carbons (Fsp3) is 0.364. The standard InChI is InChI=1S/C11H11N3O3/c15-9-5-12-3-1-8(9)11-13-10(14-17-11)7-2-4-16-6-7/h1,3,5,7,15H,2,4,6H2. The second-order valence-electron chi connectivity index (χ2n) is 3.91. The molecule has 6 nitrogen and oxygen atoms in total. The Kier molecular flexibility index (Phi) is 2.49. The van der Waals surface area contributed by atoms with Crippen molar-refractivity contribution in [2.45, 2.75) is 12.3 Å². The summed E-state index contributed by atoms with van der Waals surface area (Å²) in [4.78, 5) is 8.07. The lowest BCUT2D eigenvalue weighted by atomic mass is 10.1. The summed E-state index contributed by atoms with van der Waals surface area (Å²) in [6.07, 6.45) is 3.82. The van der Waals surface area contributed by atoms with Crippen molar-refractivity contribution in [3.63, 3.8) is 0 Å². The normalized spacial score (nSPS) is 19.6. The fourth-order valence-corrected chi connectivity index (χ4v) is 1.82. The van der Waals surface area contributed by atoms with Gasteiger partial charge in [0.15, 0.2) is 5.82 Å². The molecule has 1 fully saturated rings. The fourth-order valence-electron chi connectivity index (χ4n) is 1.82. The van der Waals surface area contributed by atoms with E-state index < -0.39 is 0 Å². The quantitative estimate of drug-likeness (QED) is 0.842. The van der Waals surface area contributed by atoms with E-state index in [4.69, 9.17) is 9.26 Å². The molecule has 3 rings (SSSR count). The van der Waals surface area contributed by atoms with E-state index in [0.717, 1.165) is 13.0 Å². The third kappa shape index (κ3) is 1.87. The molecule has 1 N–H and O–H groups in total. The highest BCUT2D eigenvalue weighted by atomic mass is 16.5. The van der Waals surface area contributed by atoms with Gasteiger partial charge in [-0.1, -0.05) is 5.16 Å². The topological polar surface area (TPSA) is 81.3 Å². The molecule has 1 unspecified atom stereocenters. The average molecular weight is 233 g/mol. The second-order valence-corrected chi connectivity index (χ2v) is 3.91. The van der Waals surface area contributed by atoms with E-state index in [2.05, 4.69) is 15.1 Å². The maximum atomic E-state index is 9.62. The number of aromatic nitrogens is 3. The van der Waals surface area contributed by atoms with Gasteiger partial charge in [-0.3, -0.25) is 4.98 Å². The number of pyridine rings is 1. The Balaban J connectivity index is 1.92. The Morgan fingerprint density at radius 1 is 1.41 bits per heavy atom. The summed E-state index contributed by atoms with van der Waals surface area (Å²) in [6.45, 7) is 1.36. The lowest BCUT2D eigenvalue weighted by Gasteiger charge is -1.98. The van der Waals surface area contributed by atoms with Gasteiger partial charge in [0.25, 0.3) is 5.89 Å². The van der Waals surface area contributed by atoms with Crippen molar-refractivity contribution in [1.29, 1.82) is 0 Å². The van der Waals surface area contributed by atoms with Gasteiger partial charge in [0.1, 0.15) is 5.75 Å². The van der Waals surface area contributed by atoms with Crippen molar-refractivity contribution in [2.75, 3.05) is 13.2 Å². The zero-order valence-corrected chi connectivity index (χ0v) is 9.04. The highest BCUT2D eigenvalue weighted by Crippen LogP contribution is 2.29. The minimum Gasteiger partial charge on any atom is -0.505 e. The molecule has 2 aromatic heterocycles. The first-order valence-electron chi connectivity index (χ1n) is 5.39. The third-order valence-electron chi connectivity index (χ3n) is 2.77. The molecule has 0 aliphatic carbocycles. The lowest BCUT2D eigenvalue weighted by Crippen LogP contribution is -1.99. The largest absolute Gasteiger partial charge is 0.505 e. The molecule has 6 heteroatoms. The summed E-state index contributed by atoms with van der Waals surface area (Å²) in [6, 6.07) is 1.64. The molecule has 2 aromatic rings. The number of hydrogen-bond donors (Lipinski definition) is 1. The Morgan fingerprint density at radius 3 is 3.12 bits per heavy atom. The minimum absolute atomic E-state index is 0.0328. The minimum atomic E-state index is 0.0328. The van der Waals surface area contributed by atoms with E-state index in [9.17, 15) is 5.11 Å². The number of nitrogens with zero attached hydrogens (tertiary/aromatic N) is 3. The SMILES string of the molecule is Oc1cnccc1-c1nc(C2CCOC2)no1. The van der Waals surface area contributed by atoms with Crippen LogP contribution >= 0.6 is 0 Å². The summed E-state index contributed by atoms with van der Waals surface area (Å²) in [7, 11) is 0. The van der Waals surface area contributed by atoms with Crippen molar-refractivity contribution in [3.05, 3.63) is 24.3 Å². The van der Waals surface area contributed by atoms with E-state index in [1.807, 2.05) is 0 Å². The molecule has 1 aliphatic heterocycles. The number of ether oxygens (including phenoxy) is 1. The van der Waals surface area contributed by atoms with Gasteiger partial charge in [-0.25, -0.2) is 0 Å². The van der Waals surface area contributed by atoms with E-state index in [1.165, 1.54) is 6.20 Å². The Labute approximate surface area is 97.3 Å². The molecular formula is C11H11N3O3. The first kappa shape index (κ1) is 10.2. The van der Waals surface area contributed by atoms with Gasteiger partial charge >= 0.3 is 0 Å². The predicted octanol–water partition coefficient (Wildman–Crippen LogP) is 1.34. The van der Waals surface area contributed by atoms with Crippen LogP contribution in [0.2, 0.25) is 0 Å². The predicted molar refractivity (Wildman–Crippen MR) is 57.4 cm³/mol. The van der Waals surface area contributed by atoms with Crippen LogP contribution in [-0.2, 0) is 4.74 Å². The van der Waals surface area contributed by atoms with Crippen LogP contribution in [0.25, 0.3) is 11.5 Å². The summed E-state index contributed by atoms with van der Waals surface area (Å²) in [5, 5.41) is 13.5. The zero-order valence-electron chi connectivity index (χ0n) is 9.04. The van der Waals surface area contributed by atoms with Crippen molar-refractivity contribution in [1.82, 2.24) is 15.1 Å². The highest BCUT2D eigenvalue weighted by Gasteiger charge is 2.24. The molecule has 88 valence electrons. The Hall–Kier alpha value is -1.95. The van der Waals surface area contributed by atoms with E-state index >= 15 is 0 Å². The Morgan fingerprint density at radius 2 is 2.35 bits per heavy atom. The van der Waals surface area contributed by atoms with Gasteiger partial charge in [-0.2, -0.15) is 4.98 Å². The highest BCUT2D eigenvalue weighted by molar-refractivity contribution is 5.60. The van der Waals surface area contributed by atoms with Gasteiger partial charge in [0.05, 0.1) is 18.4 Å². The van der Waals surface area contributed by atoms with Crippen LogP contribution in [0.4, 0.5) is 0 Å². The van der Waals surface area contributed by atoms with E-state index in [1.54, 1.807) is 12.3 Å². The molecular weight excluding hydrogens is 222 g/mol. The molecule has 3 heterocycles. The van der Waals surface area contributed by atoms with Gasteiger partial charge in [0, 0.05) is 18.7 Å². The molecule has 1 aliphatic rings. The lowest BCUT2D eigenvalue weighted by molar-refractivity contribution is 0.192. The zero-order chi connectivity index (χ0) is 11.7. The number of aromatic hydroxyl groups is 1. The first-order valence-corrected chi connectivity index (χ1v) is 5.39. The molecule has 0 saturated carbocycles. The summed E-state index contributed by atoms with van der Waals surface area (Å²) < 4.78 is 10.4. The smallest absolute Gasteiger partial charge is 0.261 e. The van der Waals surface area contributed by atoms with Crippen LogP contribution in [-0.4, -0.2) is 33.4 Å². The van der Waals surface area contributed by atoms with Crippen LogP contribution in [0.3, 0.4) is 0 Å². The third-order valence-corrected chi connectivity index (χ3v) is 2.77. The van der Waals surface area contributed by atoms with Crippen LogP contribution in [0, 0.1) is 0 Å². The van der Waals surface area contributed by atoms with Crippen molar-refractivity contribution < 1.29 is 14.4 Å². The maximum absolute atomic E-state index is 9.62. The van der Waals surface area contributed by atoms with Crippen molar-refractivity contribution in [3.8, 4) is 17.2 Å². The van der Waals surface area contributed by atoms with Crippen LogP contribution in [0.15, 0.2) is 23.0 Å². The molecule has 0 amide bonds. The molecule has 17 heavy (non-hydrogen) atoms. The van der Waals surface area contributed by atoms with Crippen LogP contribution in [0.1, 0.15) is 18.2 Å². The van der Waals surface area contributed by atoms with E-state index in [-0.39, 0.29) is 11.7 Å². The number of rotatable bonds is 2.